The molecule has 64 heavy (non-hydrogen) atoms. The van der Waals surface area contributed by atoms with Crippen LogP contribution in [0.2, 0.25) is 6.04 Å². The molecule has 1 aliphatic rings. The smallest absolute Gasteiger partial charge is 0.500 e. The fourth-order valence-electron chi connectivity index (χ4n) is 8.41. The molecule has 4 aromatic rings. The van der Waals surface area contributed by atoms with Crippen molar-refractivity contribution in [2.24, 2.45) is 0 Å². The number of ether oxygens (including phenoxy) is 1. The van der Waals surface area contributed by atoms with Gasteiger partial charge in [-0.3, -0.25) is 0 Å². The van der Waals surface area contributed by atoms with Gasteiger partial charge in [0.1, 0.15) is 23.0 Å². The molecular weight excluding hydrogens is 819 g/mol. The summed E-state index contributed by atoms with van der Waals surface area (Å²) in [4.78, 5) is 14.0. The van der Waals surface area contributed by atoms with E-state index in [1.54, 1.807) is 0 Å². The SMILES string of the molecule is CCO[Si](CCCNC(=O)Oc1c2cc(C(C)(C)C)cc1Cc1cc(C(C)(C)C)cc(c1O)Cc1cc(C(C)(C)C)cc(c1O)Cc1cc(C(C)(C)C)cc(c1O)C2)(OCC)OCC. The maximum atomic E-state index is 14.0. The fraction of sp³-hybridized carbons (Fsp3) is 0.537. The molecule has 0 heterocycles. The Bertz CT molecular complexity index is 2170. The van der Waals surface area contributed by atoms with E-state index in [2.05, 4.69) is 137 Å². The van der Waals surface area contributed by atoms with E-state index in [4.69, 9.17) is 18.0 Å². The molecule has 4 aromatic carbocycles. The summed E-state index contributed by atoms with van der Waals surface area (Å²) in [7, 11) is -2.92. The first-order chi connectivity index (χ1) is 29.7. The summed E-state index contributed by atoms with van der Waals surface area (Å²) in [5.74, 6) is 0.834. The zero-order valence-electron chi connectivity index (χ0n) is 41.6. The number of carbonyl (C=O) groups is 1. The van der Waals surface area contributed by atoms with Crippen molar-refractivity contribution in [3.8, 4) is 23.0 Å². The van der Waals surface area contributed by atoms with E-state index in [-0.39, 0.29) is 64.6 Å². The molecule has 5 rings (SSSR count). The fourth-order valence-corrected chi connectivity index (χ4v) is 11.0. The average molecular weight is 896 g/mol. The zero-order valence-corrected chi connectivity index (χ0v) is 42.6. The minimum atomic E-state index is -2.92. The molecule has 0 unspecified atom stereocenters. The van der Waals surface area contributed by atoms with Gasteiger partial charge < -0.3 is 38.7 Å². The Morgan fingerprint density at radius 2 is 0.766 bits per heavy atom. The highest BCUT2D eigenvalue weighted by atomic mass is 28.4. The second-order valence-electron chi connectivity index (χ2n) is 21.7. The molecule has 9 nitrogen and oxygen atoms in total. The van der Waals surface area contributed by atoms with Gasteiger partial charge in [0.2, 0.25) is 0 Å². The molecule has 350 valence electrons. The van der Waals surface area contributed by atoms with Crippen LogP contribution in [0.5, 0.6) is 23.0 Å². The lowest BCUT2D eigenvalue weighted by molar-refractivity contribution is 0.0707. The third-order valence-corrected chi connectivity index (χ3v) is 15.4. The molecule has 4 N–H and O–H groups in total. The third-order valence-electron chi connectivity index (χ3n) is 12.3. The Morgan fingerprint density at radius 1 is 0.500 bits per heavy atom. The van der Waals surface area contributed by atoms with Crippen LogP contribution in [0, 0.1) is 0 Å². The summed E-state index contributed by atoms with van der Waals surface area (Å²) < 4.78 is 24.6. The predicted octanol–water partition coefficient (Wildman–Crippen LogP) is 12.2. The Hall–Kier alpha value is -4.35. The highest BCUT2D eigenvalue weighted by molar-refractivity contribution is 6.60. The van der Waals surface area contributed by atoms with Crippen molar-refractivity contribution >= 4 is 14.9 Å². The van der Waals surface area contributed by atoms with E-state index in [1.165, 1.54) is 0 Å². The Morgan fingerprint density at radius 3 is 1.03 bits per heavy atom. The van der Waals surface area contributed by atoms with Crippen LogP contribution in [-0.2, 0) is 60.6 Å². The average Bonchev–Trinajstić information content (AvgIpc) is 3.17. The van der Waals surface area contributed by atoms with E-state index in [0.29, 0.717) is 78.0 Å². The molecule has 0 atom stereocenters. The molecule has 0 radical (unpaired) electrons. The topological polar surface area (TPSA) is 127 Å². The molecule has 8 bridgehead atoms. The number of hydrogen-bond donors (Lipinski definition) is 4. The van der Waals surface area contributed by atoms with Crippen molar-refractivity contribution in [3.63, 3.8) is 0 Å². The van der Waals surface area contributed by atoms with Gasteiger partial charge in [-0.1, -0.05) is 132 Å². The van der Waals surface area contributed by atoms with Crippen LogP contribution >= 0.6 is 0 Å². The number of carbonyl (C=O) groups excluding carboxylic acids is 1. The van der Waals surface area contributed by atoms with Gasteiger partial charge in [0.25, 0.3) is 0 Å². The molecule has 0 aliphatic heterocycles. The van der Waals surface area contributed by atoms with Crippen molar-refractivity contribution in [1.82, 2.24) is 5.32 Å². The summed E-state index contributed by atoms with van der Waals surface area (Å²) >= 11 is 0. The molecule has 0 saturated carbocycles. The van der Waals surface area contributed by atoms with Crippen LogP contribution in [0.15, 0.2) is 48.5 Å². The number of nitrogens with one attached hydrogen (secondary N) is 1. The van der Waals surface area contributed by atoms with Gasteiger partial charge in [-0.2, -0.15) is 0 Å². The van der Waals surface area contributed by atoms with Crippen molar-refractivity contribution in [3.05, 3.63) is 115 Å². The summed E-state index contributed by atoms with van der Waals surface area (Å²) in [5.41, 5.74) is 8.73. The van der Waals surface area contributed by atoms with Crippen LogP contribution in [0.3, 0.4) is 0 Å². The summed E-state index contributed by atoms with van der Waals surface area (Å²) in [5, 5.41) is 39.8. The minimum Gasteiger partial charge on any atom is -0.507 e. The number of rotatable bonds is 11. The second kappa shape index (κ2) is 19.6. The zero-order chi connectivity index (χ0) is 47.6. The standard InChI is InChI=1S/C54H77NO8Si/c1-16-60-64(61-17-2,62-18-3)21-19-20-55-50(59)63-49-40-24-38-30-43(52(7,8)9)28-36(47(38)57)22-34-26-42(51(4,5)6)27-35(46(34)56)23-37-29-44(53(10,11)12)31-39(48(37)58)25-41(49)33-45(32-40)54(13,14)15/h26-33,56-58H,16-25H2,1-15H3,(H,55,59). The molecule has 0 fully saturated rings. The van der Waals surface area contributed by atoms with E-state index in [1.807, 2.05) is 20.8 Å². The highest BCUT2D eigenvalue weighted by Gasteiger charge is 2.40. The van der Waals surface area contributed by atoms with Crippen molar-refractivity contribution in [2.75, 3.05) is 26.4 Å². The normalized spacial score (nSPS) is 13.8. The number of aromatic hydroxyl groups is 3. The van der Waals surface area contributed by atoms with Gasteiger partial charge in [-0.05, 0) is 104 Å². The molecule has 1 aliphatic carbocycles. The summed E-state index contributed by atoms with van der Waals surface area (Å²) in [6.07, 6.45) is 1.03. The van der Waals surface area contributed by atoms with E-state index < -0.39 is 14.9 Å². The van der Waals surface area contributed by atoms with Crippen LogP contribution < -0.4 is 10.1 Å². The van der Waals surface area contributed by atoms with Crippen molar-refractivity contribution in [2.45, 2.75) is 164 Å². The Balaban J connectivity index is 1.76. The van der Waals surface area contributed by atoms with Gasteiger partial charge >= 0.3 is 14.9 Å². The second-order valence-corrected chi connectivity index (χ2v) is 24.4. The molecule has 0 spiro atoms. The Kier molecular flexibility index (Phi) is 15.5. The monoisotopic (exact) mass is 896 g/mol. The third kappa shape index (κ3) is 12.1. The lowest BCUT2D eigenvalue weighted by Gasteiger charge is -2.28. The quantitative estimate of drug-likeness (QED) is 0.0763. The van der Waals surface area contributed by atoms with Crippen molar-refractivity contribution < 1.29 is 38.1 Å². The number of phenols is 3. The van der Waals surface area contributed by atoms with Gasteiger partial charge in [-0.15, -0.1) is 0 Å². The van der Waals surface area contributed by atoms with E-state index in [9.17, 15) is 20.1 Å². The maximum absolute atomic E-state index is 14.0. The summed E-state index contributed by atoms with van der Waals surface area (Å²) in [6.45, 7) is 33.4. The van der Waals surface area contributed by atoms with Crippen LogP contribution in [0.4, 0.5) is 4.79 Å². The van der Waals surface area contributed by atoms with Gasteiger partial charge in [0, 0.05) is 69.2 Å². The molecular formula is C54H77NO8Si. The van der Waals surface area contributed by atoms with Gasteiger partial charge in [-0.25, -0.2) is 4.79 Å². The molecule has 0 saturated heterocycles. The minimum absolute atomic E-state index is 0.142. The first-order valence-corrected chi connectivity index (χ1v) is 25.2. The number of amides is 1. The predicted molar refractivity (Wildman–Crippen MR) is 261 cm³/mol. The highest BCUT2D eigenvalue weighted by Crippen LogP contribution is 2.43. The first-order valence-electron chi connectivity index (χ1n) is 23.3. The molecule has 0 aromatic heterocycles. The van der Waals surface area contributed by atoms with Crippen LogP contribution in [0.1, 0.15) is 177 Å². The first kappa shape index (κ1) is 50.6. The van der Waals surface area contributed by atoms with Crippen LogP contribution in [-0.4, -0.2) is 56.6 Å². The lowest BCUT2D eigenvalue weighted by atomic mass is 9.79. The number of fused-ring (bicyclic) bond motifs is 8. The maximum Gasteiger partial charge on any atom is 0.500 e. The van der Waals surface area contributed by atoms with Gasteiger partial charge in [0.05, 0.1) is 0 Å². The molecule has 1 amide bonds. The Labute approximate surface area is 385 Å². The van der Waals surface area contributed by atoms with E-state index >= 15 is 0 Å². The van der Waals surface area contributed by atoms with Crippen molar-refractivity contribution in [1.29, 1.82) is 0 Å². The molecule has 10 heteroatoms. The number of benzene rings is 4. The largest absolute Gasteiger partial charge is 0.507 e. The number of hydrogen-bond acceptors (Lipinski definition) is 8. The number of phenolic OH excluding ortho intramolecular Hbond substituents is 3. The van der Waals surface area contributed by atoms with Gasteiger partial charge in [0.15, 0.2) is 0 Å². The lowest BCUT2D eigenvalue weighted by Crippen LogP contribution is -2.46. The summed E-state index contributed by atoms with van der Waals surface area (Å²) in [6, 6.07) is 17.0. The van der Waals surface area contributed by atoms with Crippen LogP contribution in [0.25, 0.3) is 0 Å². The van der Waals surface area contributed by atoms with E-state index in [0.717, 1.165) is 33.4 Å².